The Morgan fingerprint density at radius 1 is 1.38 bits per heavy atom. The van der Waals surface area contributed by atoms with Crippen LogP contribution in [0.15, 0.2) is 18.2 Å². The van der Waals surface area contributed by atoms with E-state index >= 15 is 0 Å². The van der Waals surface area contributed by atoms with E-state index in [1.807, 2.05) is 18.2 Å². The van der Waals surface area contributed by atoms with E-state index in [1.54, 1.807) is 0 Å². The van der Waals surface area contributed by atoms with Gasteiger partial charge < -0.3 is 11.1 Å². The Morgan fingerprint density at radius 3 is 2.38 bits per heavy atom. The molecule has 13 heavy (non-hydrogen) atoms. The number of guanidine groups is 1. The lowest BCUT2D eigenvalue weighted by Gasteiger charge is -2.09. The molecule has 0 aliphatic heterocycles. The second kappa shape index (κ2) is 3.94. The zero-order valence-corrected chi connectivity index (χ0v) is 7.43. The molecule has 68 valence electrons. The quantitative estimate of drug-likeness (QED) is 0.464. The van der Waals surface area contributed by atoms with Gasteiger partial charge in [0.2, 0.25) is 0 Å². The van der Waals surface area contributed by atoms with Gasteiger partial charge in [-0.1, -0.05) is 18.2 Å². The molecule has 0 saturated heterocycles. The number of nitrogens with one attached hydrogen (secondary N) is 2. The Bertz CT molecular complexity index is 298. The van der Waals surface area contributed by atoms with Gasteiger partial charge in [0.1, 0.15) is 0 Å². The molecule has 2 radical (unpaired) electrons. The lowest BCUT2D eigenvalue weighted by atomic mass is 10.0. The van der Waals surface area contributed by atoms with Crippen LogP contribution in [0.4, 0.5) is 0 Å². The minimum absolute atomic E-state index is 0.0392. The minimum Gasteiger partial charge on any atom is -0.370 e. The molecule has 3 heteroatoms. The molecular formula is C10H13N3. The molecule has 1 rings (SSSR count). The molecule has 0 unspecified atom stereocenters. The minimum atomic E-state index is -0.0392. The molecule has 0 atom stereocenters. The highest BCUT2D eigenvalue weighted by molar-refractivity contribution is 5.74. The van der Waals surface area contributed by atoms with E-state index < -0.39 is 0 Å². The third-order valence-corrected chi connectivity index (χ3v) is 1.83. The number of benzene rings is 1. The Hall–Kier alpha value is -1.51. The van der Waals surface area contributed by atoms with Crippen LogP contribution in [0.1, 0.15) is 16.7 Å². The lowest BCUT2D eigenvalue weighted by Crippen LogP contribution is -2.30. The van der Waals surface area contributed by atoms with Crippen LogP contribution in [-0.4, -0.2) is 5.96 Å². The molecule has 4 N–H and O–H groups in total. The van der Waals surface area contributed by atoms with Crippen LogP contribution in [0.3, 0.4) is 0 Å². The summed E-state index contributed by atoms with van der Waals surface area (Å²) in [5, 5.41) is 9.73. The molecule has 0 heterocycles. The predicted octanol–water partition coefficient (Wildman–Crippen LogP) is 1.03. The fraction of sp³-hybridized carbons (Fsp3) is 0.100. The van der Waals surface area contributed by atoms with E-state index in [0.717, 1.165) is 16.7 Å². The van der Waals surface area contributed by atoms with Crippen LogP contribution in [0.25, 0.3) is 0 Å². The second-order valence-corrected chi connectivity index (χ2v) is 2.82. The topological polar surface area (TPSA) is 61.9 Å². The largest absolute Gasteiger partial charge is 0.370 e. The fourth-order valence-electron chi connectivity index (χ4n) is 1.10. The number of hydrogen-bond acceptors (Lipinski definition) is 1. The summed E-state index contributed by atoms with van der Waals surface area (Å²) in [6, 6.07) is 5.72. The zero-order chi connectivity index (χ0) is 9.84. The summed E-state index contributed by atoms with van der Waals surface area (Å²) in [4.78, 5) is 0. The summed E-state index contributed by atoms with van der Waals surface area (Å²) in [6.45, 7) is 8.24. The molecule has 0 bridgehead atoms. The van der Waals surface area contributed by atoms with Gasteiger partial charge in [-0.15, -0.1) is 0 Å². The first-order valence-electron chi connectivity index (χ1n) is 3.95. The summed E-state index contributed by atoms with van der Waals surface area (Å²) in [5.74, 6) is -0.0392. The van der Waals surface area contributed by atoms with Crippen molar-refractivity contribution in [2.45, 2.75) is 6.54 Å². The van der Waals surface area contributed by atoms with E-state index in [2.05, 4.69) is 19.2 Å². The van der Waals surface area contributed by atoms with Crippen LogP contribution < -0.4 is 11.1 Å². The first-order valence-corrected chi connectivity index (χ1v) is 3.95. The highest BCUT2D eigenvalue weighted by atomic mass is 15.0. The fourth-order valence-corrected chi connectivity index (χ4v) is 1.10. The van der Waals surface area contributed by atoms with Crippen LogP contribution in [0.5, 0.6) is 0 Å². The van der Waals surface area contributed by atoms with Gasteiger partial charge in [-0.2, -0.15) is 0 Å². The third kappa shape index (κ3) is 2.47. The van der Waals surface area contributed by atoms with Gasteiger partial charge in [0, 0.05) is 6.54 Å². The smallest absolute Gasteiger partial charge is 0.185 e. The summed E-state index contributed by atoms with van der Waals surface area (Å²) in [7, 11) is 0. The lowest BCUT2D eigenvalue weighted by molar-refractivity contribution is 0.888. The summed E-state index contributed by atoms with van der Waals surface area (Å²) < 4.78 is 0. The molecule has 0 fully saturated rings. The first kappa shape index (κ1) is 9.58. The summed E-state index contributed by atoms with van der Waals surface area (Å²) in [6.07, 6.45) is 0. The van der Waals surface area contributed by atoms with E-state index in [-0.39, 0.29) is 5.96 Å². The van der Waals surface area contributed by atoms with Gasteiger partial charge in [0.15, 0.2) is 5.96 Å². The van der Waals surface area contributed by atoms with Crippen LogP contribution in [-0.2, 0) is 6.54 Å². The Morgan fingerprint density at radius 2 is 1.92 bits per heavy atom. The van der Waals surface area contributed by atoms with Crippen LogP contribution >= 0.6 is 0 Å². The van der Waals surface area contributed by atoms with Crippen molar-refractivity contribution in [3.8, 4) is 0 Å². The van der Waals surface area contributed by atoms with Gasteiger partial charge in [0.05, 0.1) is 0 Å². The van der Waals surface area contributed by atoms with E-state index in [9.17, 15) is 0 Å². The zero-order valence-electron chi connectivity index (χ0n) is 7.43. The van der Waals surface area contributed by atoms with Crippen molar-refractivity contribution in [3.63, 3.8) is 0 Å². The molecule has 0 saturated carbocycles. The van der Waals surface area contributed by atoms with Crippen LogP contribution in [0.2, 0.25) is 0 Å². The molecule has 0 aromatic heterocycles. The van der Waals surface area contributed by atoms with E-state index in [0.29, 0.717) is 6.54 Å². The third-order valence-electron chi connectivity index (χ3n) is 1.83. The van der Waals surface area contributed by atoms with Gasteiger partial charge >= 0.3 is 0 Å². The SMILES string of the molecule is [CH2]c1cccc([CH2])c1CNC(=N)N. The van der Waals surface area contributed by atoms with Gasteiger partial charge in [-0.3, -0.25) is 5.41 Å². The van der Waals surface area contributed by atoms with Gasteiger partial charge in [0.25, 0.3) is 0 Å². The highest BCUT2D eigenvalue weighted by Gasteiger charge is 2.01. The molecule has 0 aliphatic rings. The highest BCUT2D eigenvalue weighted by Crippen LogP contribution is 2.12. The van der Waals surface area contributed by atoms with Gasteiger partial charge in [-0.05, 0) is 30.5 Å². The summed E-state index contributed by atoms with van der Waals surface area (Å²) >= 11 is 0. The normalized spacial score (nSPS) is 9.69. The molecular weight excluding hydrogens is 162 g/mol. The van der Waals surface area contributed by atoms with Crippen molar-refractivity contribution in [1.82, 2.24) is 5.32 Å². The van der Waals surface area contributed by atoms with Crippen LogP contribution in [0, 0.1) is 19.3 Å². The van der Waals surface area contributed by atoms with Crippen molar-refractivity contribution in [3.05, 3.63) is 48.7 Å². The monoisotopic (exact) mass is 175 g/mol. The van der Waals surface area contributed by atoms with Crippen molar-refractivity contribution in [2.24, 2.45) is 5.73 Å². The van der Waals surface area contributed by atoms with Gasteiger partial charge in [-0.25, -0.2) is 0 Å². The first-order chi connectivity index (χ1) is 6.11. The van der Waals surface area contributed by atoms with Crippen molar-refractivity contribution in [2.75, 3.05) is 0 Å². The molecule has 0 spiro atoms. The Labute approximate surface area is 78.5 Å². The molecule has 0 amide bonds. The maximum Gasteiger partial charge on any atom is 0.185 e. The second-order valence-electron chi connectivity index (χ2n) is 2.82. The standard InChI is InChI=1S/C10H13N3/c1-7-4-3-5-8(2)9(7)6-13-10(11)12/h3-5H,1-2,6H2,(H4,11,12,13). The maximum absolute atomic E-state index is 7.01. The van der Waals surface area contributed by atoms with Crippen molar-refractivity contribution in [1.29, 1.82) is 5.41 Å². The average molecular weight is 175 g/mol. The number of nitrogens with two attached hydrogens (primary N) is 1. The molecule has 1 aromatic rings. The average Bonchev–Trinajstić information content (AvgIpc) is 2.03. The Balaban J connectivity index is 2.81. The van der Waals surface area contributed by atoms with E-state index in [1.165, 1.54) is 0 Å². The van der Waals surface area contributed by atoms with Crippen molar-refractivity contribution >= 4 is 5.96 Å². The predicted molar refractivity (Wildman–Crippen MR) is 54.1 cm³/mol. The molecule has 0 aliphatic carbocycles. The Kier molecular flexibility index (Phi) is 2.90. The molecule has 1 aromatic carbocycles. The molecule has 3 nitrogen and oxygen atoms in total. The number of hydrogen-bond donors (Lipinski definition) is 3. The maximum atomic E-state index is 7.01. The number of rotatable bonds is 2. The van der Waals surface area contributed by atoms with E-state index in [4.69, 9.17) is 11.1 Å². The summed E-state index contributed by atoms with van der Waals surface area (Å²) in [5.41, 5.74) is 8.01. The van der Waals surface area contributed by atoms with Crippen molar-refractivity contribution < 1.29 is 0 Å².